The maximum Gasteiger partial charge on any atom is 0.287 e. The summed E-state index contributed by atoms with van der Waals surface area (Å²) in [6, 6.07) is 14.0. The second kappa shape index (κ2) is 11.0. The predicted octanol–water partition coefficient (Wildman–Crippen LogP) is 3.08. The van der Waals surface area contributed by atoms with Crippen molar-refractivity contribution in [1.29, 1.82) is 0 Å². The van der Waals surface area contributed by atoms with E-state index in [0.717, 1.165) is 32.0 Å². The van der Waals surface area contributed by atoms with E-state index in [2.05, 4.69) is 57.8 Å². The number of carbonyl (C=O) groups is 1. The van der Waals surface area contributed by atoms with Crippen LogP contribution in [0.5, 0.6) is 0 Å². The number of hydrogen-bond donors (Lipinski definition) is 2. The quantitative estimate of drug-likeness (QED) is 0.288. The van der Waals surface area contributed by atoms with Gasteiger partial charge in [-0.2, -0.15) is 0 Å². The van der Waals surface area contributed by atoms with Gasteiger partial charge in [0.2, 0.25) is 0 Å². The molecule has 27 heavy (non-hydrogen) atoms. The minimum Gasteiger partial charge on any atom is -0.459 e. The van der Waals surface area contributed by atoms with Gasteiger partial charge in [0.15, 0.2) is 11.7 Å². The molecule has 0 spiro atoms. The lowest BCUT2D eigenvalue weighted by Crippen LogP contribution is -2.40. The molecule has 1 aromatic carbocycles. The van der Waals surface area contributed by atoms with Crippen LogP contribution in [-0.4, -0.2) is 49.5 Å². The largest absolute Gasteiger partial charge is 0.459 e. The summed E-state index contributed by atoms with van der Waals surface area (Å²) in [6.45, 7) is 5.85. The number of nitrogens with zero attached hydrogens (tertiary/aromatic N) is 2. The fraction of sp³-hybridized carbons (Fsp3) is 0.400. The molecule has 2 heterocycles. The van der Waals surface area contributed by atoms with Gasteiger partial charge >= 0.3 is 0 Å². The third kappa shape index (κ3) is 5.98. The molecular formula is C20H27IN4O2. The van der Waals surface area contributed by atoms with Crippen LogP contribution in [0.3, 0.4) is 0 Å². The van der Waals surface area contributed by atoms with Gasteiger partial charge in [-0.25, -0.2) is 0 Å². The second-order valence-electron chi connectivity index (χ2n) is 6.31. The third-order valence-electron chi connectivity index (χ3n) is 4.50. The van der Waals surface area contributed by atoms with Crippen LogP contribution in [0, 0.1) is 0 Å². The fourth-order valence-corrected chi connectivity index (χ4v) is 3.20. The van der Waals surface area contributed by atoms with E-state index in [1.807, 2.05) is 0 Å². The molecule has 6 nitrogen and oxygen atoms in total. The Hall–Kier alpha value is -2.03. The maximum absolute atomic E-state index is 11.9. The van der Waals surface area contributed by atoms with Crippen molar-refractivity contribution in [3.63, 3.8) is 0 Å². The molecule has 146 valence electrons. The number of nitrogens with one attached hydrogen (secondary N) is 2. The molecule has 1 aliphatic rings. The summed E-state index contributed by atoms with van der Waals surface area (Å²) in [5, 5.41) is 6.18. The van der Waals surface area contributed by atoms with E-state index in [0.29, 0.717) is 24.8 Å². The Labute approximate surface area is 177 Å². The van der Waals surface area contributed by atoms with E-state index in [4.69, 9.17) is 4.42 Å². The number of likely N-dealkylation sites (tertiary alicyclic amines) is 1. The van der Waals surface area contributed by atoms with Crippen LogP contribution in [0.4, 0.5) is 0 Å². The van der Waals surface area contributed by atoms with Crippen LogP contribution in [0.25, 0.3) is 0 Å². The molecule has 1 aromatic heterocycles. The van der Waals surface area contributed by atoms with Crippen molar-refractivity contribution in [2.75, 3.05) is 32.7 Å². The Morgan fingerprint density at radius 1 is 1.22 bits per heavy atom. The first-order valence-electron chi connectivity index (χ1n) is 9.18. The van der Waals surface area contributed by atoms with Gasteiger partial charge < -0.3 is 20.0 Å². The summed E-state index contributed by atoms with van der Waals surface area (Å²) in [5.74, 6) is 1.57. The number of rotatable bonds is 6. The maximum atomic E-state index is 11.9. The predicted molar refractivity (Wildman–Crippen MR) is 118 cm³/mol. The van der Waals surface area contributed by atoms with Gasteiger partial charge in [0.25, 0.3) is 5.91 Å². The Morgan fingerprint density at radius 2 is 2.04 bits per heavy atom. The van der Waals surface area contributed by atoms with E-state index in [1.165, 1.54) is 11.8 Å². The summed E-state index contributed by atoms with van der Waals surface area (Å²) in [7, 11) is 0. The highest BCUT2D eigenvalue weighted by Gasteiger charge is 2.25. The monoisotopic (exact) mass is 482 g/mol. The SMILES string of the molecule is CCNC(=NCCNC(=O)c1ccco1)N1CCC(c2ccccc2)C1.I. The van der Waals surface area contributed by atoms with E-state index >= 15 is 0 Å². The van der Waals surface area contributed by atoms with Crippen molar-refractivity contribution in [2.45, 2.75) is 19.3 Å². The van der Waals surface area contributed by atoms with Crippen LogP contribution in [0.15, 0.2) is 58.1 Å². The van der Waals surface area contributed by atoms with E-state index in [1.54, 1.807) is 12.1 Å². The van der Waals surface area contributed by atoms with Crippen molar-refractivity contribution >= 4 is 35.8 Å². The van der Waals surface area contributed by atoms with Gasteiger partial charge in [0.05, 0.1) is 12.8 Å². The van der Waals surface area contributed by atoms with Crippen LogP contribution < -0.4 is 10.6 Å². The van der Waals surface area contributed by atoms with Crippen molar-refractivity contribution in [3.05, 3.63) is 60.1 Å². The van der Waals surface area contributed by atoms with E-state index in [9.17, 15) is 4.79 Å². The van der Waals surface area contributed by atoms with Crippen LogP contribution >= 0.6 is 24.0 Å². The molecule has 3 rings (SSSR count). The number of furan rings is 1. The molecule has 1 fully saturated rings. The molecule has 2 N–H and O–H groups in total. The Morgan fingerprint density at radius 3 is 2.74 bits per heavy atom. The zero-order valence-electron chi connectivity index (χ0n) is 15.6. The Kier molecular flexibility index (Phi) is 8.63. The van der Waals surface area contributed by atoms with E-state index < -0.39 is 0 Å². The average molecular weight is 482 g/mol. The highest BCUT2D eigenvalue weighted by atomic mass is 127. The molecule has 0 saturated carbocycles. The first-order chi connectivity index (χ1) is 12.8. The molecule has 0 bridgehead atoms. The number of amides is 1. The molecule has 1 unspecified atom stereocenters. The third-order valence-corrected chi connectivity index (χ3v) is 4.50. The lowest BCUT2D eigenvalue weighted by Gasteiger charge is -2.21. The standard InChI is InChI=1S/C20H26N4O2.HI/c1-2-21-20(23-12-11-22-19(25)18-9-6-14-26-18)24-13-10-17(15-24)16-7-4-3-5-8-16;/h3-9,14,17H,2,10-13,15H2,1H3,(H,21,23)(H,22,25);1H. The average Bonchev–Trinajstić information content (AvgIpc) is 3.37. The highest BCUT2D eigenvalue weighted by molar-refractivity contribution is 14.0. The van der Waals surface area contributed by atoms with Crippen LogP contribution in [-0.2, 0) is 0 Å². The van der Waals surface area contributed by atoms with Gasteiger partial charge in [-0.15, -0.1) is 24.0 Å². The van der Waals surface area contributed by atoms with E-state index in [-0.39, 0.29) is 29.9 Å². The minimum atomic E-state index is -0.208. The summed E-state index contributed by atoms with van der Waals surface area (Å²) in [5.41, 5.74) is 1.39. The number of aliphatic imine (C=N–C) groups is 1. The topological polar surface area (TPSA) is 69.9 Å². The lowest BCUT2D eigenvalue weighted by atomic mass is 9.99. The number of guanidine groups is 1. The normalized spacial score (nSPS) is 16.7. The summed E-state index contributed by atoms with van der Waals surface area (Å²) in [6.07, 6.45) is 2.62. The van der Waals surface area contributed by atoms with Crippen LogP contribution in [0.2, 0.25) is 0 Å². The number of hydrogen-bond acceptors (Lipinski definition) is 3. The minimum absolute atomic E-state index is 0. The molecule has 1 atom stereocenters. The Bertz CT molecular complexity index is 719. The number of halogens is 1. The first-order valence-corrected chi connectivity index (χ1v) is 9.18. The number of carbonyl (C=O) groups excluding carboxylic acids is 1. The van der Waals surface area contributed by atoms with Crippen molar-refractivity contribution in [2.24, 2.45) is 4.99 Å². The molecule has 1 aliphatic heterocycles. The molecule has 0 radical (unpaired) electrons. The van der Waals surface area contributed by atoms with Crippen molar-refractivity contribution < 1.29 is 9.21 Å². The number of benzene rings is 1. The van der Waals surface area contributed by atoms with Gasteiger partial charge in [-0.1, -0.05) is 30.3 Å². The highest BCUT2D eigenvalue weighted by Crippen LogP contribution is 2.26. The fourth-order valence-electron chi connectivity index (χ4n) is 3.20. The summed E-state index contributed by atoms with van der Waals surface area (Å²) < 4.78 is 5.08. The van der Waals surface area contributed by atoms with Crippen molar-refractivity contribution in [3.8, 4) is 0 Å². The second-order valence-corrected chi connectivity index (χ2v) is 6.31. The lowest BCUT2D eigenvalue weighted by molar-refractivity contribution is 0.0927. The Balaban J connectivity index is 0.00000261. The molecule has 1 amide bonds. The molecule has 0 aliphatic carbocycles. The van der Waals surface area contributed by atoms with Gasteiger partial charge in [-0.05, 0) is 31.0 Å². The molecule has 1 saturated heterocycles. The zero-order chi connectivity index (χ0) is 18.2. The van der Waals surface area contributed by atoms with Gasteiger partial charge in [-0.3, -0.25) is 9.79 Å². The zero-order valence-corrected chi connectivity index (χ0v) is 17.9. The van der Waals surface area contributed by atoms with Gasteiger partial charge in [0, 0.05) is 32.1 Å². The van der Waals surface area contributed by atoms with Gasteiger partial charge in [0.1, 0.15) is 0 Å². The first kappa shape index (κ1) is 21.3. The summed E-state index contributed by atoms with van der Waals surface area (Å²) >= 11 is 0. The van der Waals surface area contributed by atoms with Crippen molar-refractivity contribution in [1.82, 2.24) is 15.5 Å². The summed E-state index contributed by atoms with van der Waals surface area (Å²) in [4.78, 5) is 18.8. The molecular weight excluding hydrogens is 455 g/mol. The molecule has 2 aromatic rings. The smallest absolute Gasteiger partial charge is 0.287 e. The van der Waals surface area contributed by atoms with Crippen LogP contribution in [0.1, 0.15) is 35.4 Å². The molecule has 7 heteroatoms.